The van der Waals surface area contributed by atoms with E-state index < -0.39 is 23.3 Å². The van der Waals surface area contributed by atoms with E-state index in [0.717, 1.165) is 9.95 Å². The number of benzene rings is 3. The summed E-state index contributed by atoms with van der Waals surface area (Å²) in [5.41, 5.74) is 1.62. The van der Waals surface area contributed by atoms with Gasteiger partial charge in [-0.15, -0.1) is 0 Å². The molecule has 0 amide bonds. The smallest absolute Gasteiger partial charge is 0.352 e. The van der Waals surface area contributed by atoms with Gasteiger partial charge in [-0.25, -0.2) is 23.5 Å². The molecule has 2 aliphatic carbocycles. The van der Waals surface area contributed by atoms with Crippen molar-refractivity contribution in [3.8, 4) is 11.4 Å². The molecule has 39 heavy (non-hydrogen) atoms. The topological polar surface area (TPSA) is 103 Å². The number of hydrogen-bond acceptors (Lipinski definition) is 5. The molecule has 0 bridgehead atoms. The number of carbonyl (C=O) groups is 2. The third-order valence-electron chi connectivity index (χ3n) is 8.09. The minimum atomic E-state index is -0.750. The van der Waals surface area contributed by atoms with Crippen LogP contribution in [0.25, 0.3) is 16.5 Å². The van der Waals surface area contributed by atoms with Crippen molar-refractivity contribution in [1.29, 1.82) is 0 Å². The molecular weight excluding hydrogens is 494 g/mol. The van der Waals surface area contributed by atoms with Crippen LogP contribution in [0.1, 0.15) is 30.9 Å². The van der Waals surface area contributed by atoms with Gasteiger partial charge in [0.25, 0.3) is 0 Å². The summed E-state index contributed by atoms with van der Waals surface area (Å²) in [4.78, 5) is 54.1. The number of fused-ring (bicyclic) bond motifs is 4. The Hall–Kier alpha value is -4.98. The molecule has 4 aromatic rings. The van der Waals surface area contributed by atoms with Crippen LogP contribution in [0.15, 0.2) is 111 Å². The minimum absolute atomic E-state index is 0.0233. The molecule has 1 aliphatic heterocycles. The van der Waals surface area contributed by atoms with Crippen molar-refractivity contribution in [3.05, 3.63) is 128 Å². The van der Waals surface area contributed by atoms with Gasteiger partial charge < -0.3 is 5.11 Å². The molecule has 3 aliphatic rings. The highest BCUT2D eigenvalue weighted by molar-refractivity contribution is 6.23. The quantitative estimate of drug-likeness (QED) is 0.323. The van der Waals surface area contributed by atoms with E-state index in [4.69, 9.17) is 0 Å². The van der Waals surface area contributed by atoms with Crippen LogP contribution in [0.2, 0.25) is 0 Å². The summed E-state index contributed by atoms with van der Waals surface area (Å²) in [5, 5.41) is 12.9. The van der Waals surface area contributed by atoms with Gasteiger partial charge in [0.1, 0.15) is 5.75 Å². The van der Waals surface area contributed by atoms with E-state index in [1.165, 1.54) is 15.4 Å². The lowest BCUT2D eigenvalue weighted by Crippen LogP contribution is -2.40. The molecule has 3 aromatic carbocycles. The van der Waals surface area contributed by atoms with Crippen molar-refractivity contribution in [2.24, 2.45) is 0 Å². The molecule has 0 spiro atoms. The van der Waals surface area contributed by atoms with Crippen LogP contribution >= 0.6 is 0 Å². The number of hydrogen-bond donors (Lipinski definition) is 1. The SMILES string of the molecule is CC1=CC(=O)C2=C(C[C@@H]3C(=CCn4c(=O)n(-c5ccccc5)c(=O)n43)[C@@H]2c2ccc3ccccc3c2O)C1=O. The molecule has 2 atom stereocenters. The summed E-state index contributed by atoms with van der Waals surface area (Å²) in [6.07, 6.45) is 3.30. The summed E-state index contributed by atoms with van der Waals surface area (Å²) in [6, 6.07) is 19.1. The zero-order valence-electron chi connectivity index (χ0n) is 21.0. The van der Waals surface area contributed by atoms with E-state index in [0.29, 0.717) is 38.9 Å². The fourth-order valence-corrected chi connectivity index (χ4v) is 6.31. The Morgan fingerprint density at radius 1 is 0.872 bits per heavy atom. The van der Waals surface area contributed by atoms with Crippen molar-refractivity contribution in [3.63, 3.8) is 0 Å². The van der Waals surface area contributed by atoms with Crippen LogP contribution < -0.4 is 11.4 Å². The van der Waals surface area contributed by atoms with Gasteiger partial charge in [-0.05, 0) is 36.1 Å². The van der Waals surface area contributed by atoms with Gasteiger partial charge in [-0.3, -0.25) is 9.59 Å². The molecule has 8 heteroatoms. The van der Waals surface area contributed by atoms with E-state index in [1.54, 1.807) is 49.4 Å². The van der Waals surface area contributed by atoms with Gasteiger partial charge in [0.2, 0.25) is 0 Å². The molecule has 7 rings (SSSR count). The van der Waals surface area contributed by atoms with Crippen molar-refractivity contribution in [2.45, 2.75) is 31.8 Å². The lowest BCUT2D eigenvalue weighted by atomic mass is 9.67. The lowest BCUT2D eigenvalue weighted by Gasteiger charge is -2.39. The number of rotatable bonds is 2. The fourth-order valence-electron chi connectivity index (χ4n) is 6.31. The third kappa shape index (κ3) is 3.18. The molecule has 0 fully saturated rings. The number of allylic oxidation sites excluding steroid dienone is 6. The molecule has 1 N–H and O–H groups in total. The Morgan fingerprint density at radius 2 is 1.62 bits per heavy atom. The maximum absolute atomic E-state index is 13.8. The first-order chi connectivity index (χ1) is 18.9. The largest absolute Gasteiger partial charge is 0.507 e. The van der Waals surface area contributed by atoms with E-state index in [2.05, 4.69) is 0 Å². The monoisotopic (exact) mass is 517 g/mol. The predicted molar refractivity (Wildman–Crippen MR) is 145 cm³/mol. The molecule has 8 nitrogen and oxygen atoms in total. The van der Waals surface area contributed by atoms with Gasteiger partial charge in [0.15, 0.2) is 11.6 Å². The Bertz CT molecular complexity index is 1970. The van der Waals surface area contributed by atoms with E-state index >= 15 is 0 Å². The summed E-state index contributed by atoms with van der Waals surface area (Å²) in [7, 11) is 0. The van der Waals surface area contributed by atoms with Gasteiger partial charge in [-0.2, -0.15) is 0 Å². The van der Waals surface area contributed by atoms with Crippen LogP contribution in [0.3, 0.4) is 0 Å². The fraction of sp³-hybridized carbons (Fsp3) is 0.161. The Kier molecular flexibility index (Phi) is 4.91. The number of carbonyl (C=O) groups excluding carboxylic acids is 2. The number of phenols is 1. The van der Waals surface area contributed by atoms with Crippen LogP contribution in [0.4, 0.5) is 0 Å². The second kappa shape index (κ2) is 8.26. The van der Waals surface area contributed by atoms with Gasteiger partial charge in [0, 0.05) is 40.0 Å². The minimum Gasteiger partial charge on any atom is -0.507 e. The van der Waals surface area contributed by atoms with E-state index in [9.17, 15) is 24.3 Å². The van der Waals surface area contributed by atoms with Gasteiger partial charge in [0.05, 0.1) is 18.3 Å². The number of aromatic nitrogens is 3. The standard InChI is InChI=1S/C31H23N3O5/c1-17-15-25(35)27-23(28(17)36)16-24-21(26(27)22-12-11-18-7-5-6-10-20(18)29(22)37)13-14-32-30(38)33(31(39)34(24)32)19-8-3-2-4-9-19/h2-13,15,24,26,37H,14,16H2,1H3/t24-,26-/m1/s1. The van der Waals surface area contributed by atoms with Crippen LogP contribution in [0, 0.1) is 0 Å². The Labute approximate surface area is 222 Å². The Morgan fingerprint density at radius 3 is 2.41 bits per heavy atom. The molecule has 0 saturated heterocycles. The number of nitrogens with zero attached hydrogens (tertiary/aromatic N) is 3. The second-order valence-electron chi connectivity index (χ2n) is 10.2. The highest BCUT2D eigenvalue weighted by Crippen LogP contribution is 2.52. The van der Waals surface area contributed by atoms with Crippen molar-refractivity contribution in [2.75, 3.05) is 0 Å². The van der Waals surface area contributed by atoms with Crippen molar-refractivity contribution in [1.82, 2.24) is 13.9 Å². The summed E-state index contributed by atoms with van der Waals surface area (Å²) < 4.78 is 3.91. The number of aromatic hydroxyl groups is 1. The normalized spacial score (nSPS) is 20.3. The first-order valence-corrected chi connectivity index (χ1v) is 12.8. The van der Waals surface area contributed by atoms with Crippen LogP contribution in [0.5, 0.6) is 5.75 Å². The third-order valence-corrected chi connectivity index (χ3v) is 8.09. The molecule has 0 saturated carbocycles. The zero-order chi connectivity index (χ0) is 27.0. The summed E-state index contributed by atoms with van der Waals surface area (Å²) in [5.74, 6) is -1.27. The number of ketones is 2. The molecule has 0 unspecified atom stereocenters. The highest BCUT2D eigenvalue weighted by Gasteiger charge is 2.45. The lowest BCUT2D eigenvalue weighted by molar-refractivity contribution is -0.116. The first-order valence-electron chi connectivity index (χ1n) is 12.8. The molecule has 2 heterocycles. The second-order valence-corrected chi connectivity index (χ2v) is 10.2. The number of para-hydroxylation sites is 1. The van der Waals surface area contributed by atoms with E-state index in [-0.39, 0.29) is 30.3 Å². The number of phenolic OH excluding ortho intramolecular Hbond substituents is 1. The van der Waals surface area contributed by atoms with Crippen LogP contribution in [-0.2, 0) is 16.1 Å². The maximum atomic E-state index is 13.8. The van der Waals surface area contributed by atoms with Crippen LogP contribution in [-0.4, -0.2) is 30.6 Å². The highest BCUT2D eigenvalue weighted by atomic mass is 16.3. The molecular formula is C31H23N3O5. The van der Waals surface area contributed by atoms with Gasteiger partial charge in [-0.1, -0.05) is 60.7 Å². The number of Topliss-reactive ketones (excluding diaryl/α,β-unsaturated/α-hetero) is 1. The van der Waals surface area contributed by atoms with E-state index in [1.807, 2.05) is 30.3 Å². The summed E-state index contributed by atoms with van der Waals surface area (Å²) >= 11 is 0. The molecule has 192 valence electrons. The Balaban J connectivity index is 1.49. The average molecular weight is 518 g/mol. The van der Waals surface area contributed by atoms with Crippen molar-refractivity contribution >= 4 is 22.3 Å². The van der Waals surface area contributed by atoms with Gasteiger partial charge >= 0.3 is 11.4 Å². The maximum Gasteiger partial charge on any atom is 0.352 e. The zero-order valence-corrected chi connectivity index (χ0v) is 21.0. The predicted octanol–water partition coefficient (Wildman–Crippen LogP) is 3.72. The average Bonchev–Trinajstić information content (AvgIpc) is 3.21. The first kappa shape index (κ1) is 23.2. The summed E-state index contributed by atoms with van der Waals surface area (Å²) in [6.45, 7) is 1.72. The van der Waals surface area contributed by atoms with Crippen molar-refractivity contribution < 1.29 is 14.7 Å². The molecule has 0 radical (unpaired) electrons. The molecule has 1 aromatic heterocycles.